The summed E-state index contributed by atoms with van der Waals surface area (Å²) in [5.74, 6) is 1.85. The van der Waals surface area contributed by atoms with Crippen LogP contribution in [0.3, 0.4) is 0 Å². The van der Waals surface area contributed by atoms with Crippen LogP contribution in [-0.2, 0) is 0 Å². The lowest BCUT2D eigenvalue weighted by atomic mass is 9.96. The normalized spacial score (nSPS) is 12.3. The van der Waals surface area contributed by atoms with Crippen molar-refractivity contribution in [3.05, 3.63) is 328 Å². The van der Waals surface area contributed by atoms with Crippen LogP contribution in [-0.4, -0.2) is 27.6 Å². The Hall–Kier alpha value is -11.1. The maximum atomic E-state index is 5.32. The third kappa shape index (κ3) is 8.72. The van der Waals surface area contributed by atoms with Crippen molar-refractivity contribution in [3.63, 3.8) is 0 Å². The molecule has 3 heterocycles. The fourth-order valence-electron chi connectivity index (χ4n) is 13.3. The van der Waals surface area contributed by atoms with Crippen molar-refractivity contribution in [2.45, 2.75) is 0 Å². The molecule has 0 fully saturated rings. The fourth-order valence-corrected chi connectivity index (χ4v) is 18.4. The molecule has 2 aromatic heterocycles. The van der Waals surface area contributed by atoms with Crippen LogP contribution in [0.25, 0.3) is 128 Å². The average Bonchev–Trinajstić information content (AvgIpc) is 1.93. The molecule has 16 rings (SSSR count). The Kier molecular flexibility index (Phi) is 12.5. The molecule has 1 aliphatic heterocycles. The quantitative estimate of drug-likeness (QED) is 0.121. The highest BCUT2D eigenvalue weighted by Crippen LogP contribution is 2.40. The summed E-state index contributed by atoms with van der Waals surface area (Å²) in [6, 6.07) is 119. The van der Waals surface area contributed by atoms with Gasteiger partial charge in [-0.25, -0.2) is 15.0 Å². The highest BCUT2D eigenvalue weighted by atomic mass is 28.3. The molecule has 5 heteroatoms. The lowest BCUT2D eigenvalue weighted by molar-refractivity contribution is 1.07. The summed E-state index contributed by atoms with van der Waals surface area (Å²) < 4.78 is 2.47. The van der Waals surface area contributed by atoms with E-state index in [0.29, 0.717) is 17.5 Å². The number of para-hydroxylation sites is 2. The predicted molar refractivity (Wildman–Crippen MR) is 360 cm³/mol. The summed E-state index contributed by atoms with van der Waals surface area (Å²) >= 11 is 0. The van der Waals surface area contributed by atoms with Gasteiger partial charge in [0.05, 0.1) is 16.7 Å². The van der Waals surface area contributed by atoms with E-state index in [2.05, 4.69) is 320 Å². The van der Waals surface area contributed by atoms with Crippen molar-refractivity contribution in [1.29, 1.82) is 0 Å². The molecule has 0 radical (unpaired) electrons. The molecule has 1 aliphatic rings. The molecule has 0 N–H and O–H groups in total. The molecule has 0 saturated carbocycles. The zero-order valence-corrected chi connectivity index (χ0v) is 48.0. The van der Waals surface area contributed by atoms with Gasteiger partial charge in [-0.3, -0.25) is 0 Å². The van der Waals surface area contributed by atoms with E-state index in [-0.39, 0.29) is 0 Å². The molecule has 86 heavy (non-hydrogen) atoms. The van der Waals surface area contributed by atoms with E-state index in [1.165, 1.54) is 87.1 Å². The van der Waals surface area contributed by atoms with E-state index in [0.717, 1.165) is 44.6 Å². The smallest absolute Gasteiger partial charge is 0.180 e. The van der Waals surface area contributed by atoms with Gasteiger partial charge < -0.3 is 4.57 Å². The van der Waals surface area contributed by atoms with Crippen LogP contribution in [0.15, 0.2) is 328 Å². The molecule has 15 aromatic rings. The minimum Gasteiger partial charge on any atom is -0.309 e. The summed E-state index contributed by atoms with van der Waals surface area (Å²) in [7, 11) is -3.19. The van der Waals surface area contributed by atoms with Crippen LogP contribution in [0.1, 0.15) is 0 Å². The Bertz CT molecular complexity index is 4800. The van der Waals surface area contributed by atoms with Gasteiger partial charge in [-0.15, -0.1) is 0 Å². The van der Waals surface area contributed by atoms with Gasteiger partial charge in [0, 0.05) is 33.0 Å². The van der Waals surface area contributed by atoms with Gasteiger partial charge >= 0.3 is 0 Å². The average molecular weight is 1110 g/mol. The Labute approximate surface area is 501 Å². The first kappa shape index (κ1) is 50.6. The van der Waals surface area contributed by atoms with Gasteiger partial charge in [0.2, 0.25) is 0 Å². The van der Waals surface area contributed by atoms with E-state index < -0.39 is 8.07 Å². The predicted octanol–water partition coefficient (Wildman–Crippen LogP) is 17.7. The summed E-state index contributed by atoms with van der Waals surface area (Å²) in [6.45, 7) is 0. The Balaban J connectivity index is 0.905. The maximum Gasteiger partial charge on any atom is 0.180 e. The molecule has 0 aliphatic carbocycles. The number of hydrogen-bond acceptors (Lipinski definition) is 3. The summed E-state index contributed by atoms with van der Waals surface area (Å²) in [5.41, 5.74) is 20.5. The highest BCUT2D eigenvalue weighted by molar-refractivity contribution is 7.22. The van der Waals surface area contributed by atoms with Gasteiger partial charge in [-0.05, 0) is 112 Å². The third-order valence-electron chi connectivity index (χ3n) is 17.4. The van der Waals surface area contributed by atoms with Gasteiger partial charge in [0.1, 0.15) is 0 Å². The molecular weight excluding hydrogens is 1060 g/mol. The van der Waals surface area contributed by atoms with Crippen LogP contribution < -0.4 is 20.7 Å². The monoisotopic (exact) mass is 1110 g/mol. The Morgan fingerprint density at radius 1 is 0.221 bits per heavy atom. The standard InChI is InChI=1S/C81H54N4Si/c1-6-20-55(21-7-1)59-34-38-62(39-35-59)79-82-80(63-40-36-60(37-41-63)56-22-8-2-9-23-56)84-81(83-79)64-42-46-67(47-43-64)86(77-50-44-65(57-24-10-3-11-25-57)52-72(77)73-53-66(45-51-78(73)86)58-26-12-4-13-27-58)68-48-49-76-71(54-68)70-31-17-19-33-75(70)85(76)74-32-18-16-30-69(74)61-28-14-5-15-29-61/h1-54H. The molecule has 0 saturated heterocycles. The second-order valence-electron chi connectivity index (χ2n) is 22.2. The number of aromatic nitrogens is 4. The van der Waals surface area contributed by atoms with E-state index in [1.54, 1.807) is 0 Å². The van der Waals surface area contributed by atoms with Gasteiger partial charge in [-0.2, -0.15) is 0 Å². The first-order valence-corrected chi connectivity index (χ1v) is 31.4. The van der Waals surface area contributed by atoms with Crippen molar-refractivity contribution in [1.82, 2.24) is 19.5 Å². The largest absolute Gasteiger partial charge is 0.309 e. The van der Waals surface area contributed by atoms with Crippen molar-refractivity contribution in [2.75, 3.05) is 0 Å². The summed E-state index contributed by atoms with van der Waals surface area (Å²) in [4.78, 5) is 15.9. The molecule has 0 unspecified atom stereocenters. The zero-order chi connectivity index (χ0) is 57.0. The van der Waals surface area contributed by atoms with E-state index >= 15 is 0 Å². The van der Waals surface area contributed by atoms with Crippen LogP contribution in [0.2, 0.25) is 0 Å². The number of fused-ring (bicyclic) bond motifs is 6. The zero-order valence-electron chi connectivity index (χ0n) is 47.0. The molecule has 4 nitrogen and oxygen atoms in total. The van der Waals surface area contributed by atoms with Crippen molar-refractivity contribution in [2.24, 2.45) is 0 Å². The summed E-state index contributed by atoms with van der Waals surface area (Å²) in [6.07, 6.45) is 0. The maximum absolute atomic E-state index is 5.32. The SMILES string of the molecule is c1ccc(-c2ccc(-c3nc(-c4ccc(-c5ccccc5)cc4)nc(-c4ccc([Si]5(c6ccc7c(c6)c6ccccc6n7-c6ccccc6-c6ccccc6)c6ccc(-c7ccccc7)cc6-c6cc(-c7ccccc7)ccc65)cc4)n3)cc2)cc1. The molecule has 13 aromatic carbocycles. The number of benzene rings is 13. The minimum absolute atomic E-state index is 0.615. The molecule has 0 spiro atoms. The number of nitrogens with zero attached hydrogens (tertiary/aromatic N) is 4. The van der Waals surface area contributed by atoms with Crippen LogP contribution in [0.4, 0.5) is 0 Å². The first-order valence-electron chi connectivity index (χ1n) is 29.4. The van der Waals surface area contributed by atoms with E-state index in [1.807, 2.05) is 12.1 Å². The Morgan fingerprint density at radius 2 is 0.570 bits per heavy atom. The third-order valence-corrected chi connectivity index (χ3v) is 22.3. The molecule has 0 amide bonds. The molecule has 402 valence electrons. The second-order valence-corrected chi connectivity index (χ2v) is 26.0. The van der Waals surface area contributed by atoms with E-state index in [4.69, 9.17) is 15.0 Å². The lowest BCUT2D eigenvalue weighted by Crippen LogP contribution is -2.72. The second kappa shape index (κ2) is 21.3. The topological polar surface area (TPSA) is 43.6 Å². The lowest BCUT2D eigenvalue weighted by Gasteiger charge is -2.32. The number of rotatable bonds is 11. The first-order chi connectivity index (χ1) is 42.6. The van der Waals surface area contributed by atoms with Gasteiger partial charge in [0.25, 0.3) is 0 Å². The molecule has 0 bridgehead atoms. The van der Waals surface area contributed by atoms with Crippen LogP contribution in [0, 0.1) is 0 Å². The number of hydrogen-bond donors (Lipinski definition) is 0. The van der Waals surface area contributed by atoms with Crippen molar-refractivity contribution in [3.8, 4) is 107 Å². The van der Waals surface area contributed by atoms with E-state index in [9.17, 15) is 0 Å². The van der Waals surface area contributed by atoms with Gasteiger partial charge in [0.15, 0.2) is 25.5 Å². The van der Waals surface area contributed by atoms with Gasteiger partial charge in [-0.1, -0.05) is 297 Å². The Morgan fingerprint density at radius 3 is 1.06 bits per heavy atom. The fraction of sp³-hybridized carbons (Fsp3) is 0. The van der Waals surface area contributed by atoms with Crippen molar-refractivity contribution < 1.29 is 0 Å². The summed E-state index contributed by atoms with van der Waals surface area (Å²) in [5, 5.41) is 7.77. The van der Waals surface area contributed by atoms with Crippen LogP contribution in [0.5, 0.6) is 0 Å². The van der Waals surface area contributed by atoms with Crippen molar-refractivity contribution >= 4 is 50.6 Å². The molecular formula is C81H54N4Si. The highest BCUT2D eigenvalue weighted by Gasteiger charge is 2.49. The van der Waals surface area contributed by atoms with Crippen LogP contribution >= 0.6 is 0 Å². The minimum atomic E-state index is -3.19. The molecule has 0 atom stereocenters.